The Kier molecular flexibility index (Phi) is 3.85. The van der Waals surface area contributed by atoms with Crippen molar-refractivity contribution < 1.29 is 0 Å². The fourth-order valence-electron chi connectivity index (χ4n) is 2.28. The van der Waals surface area contributed by atoms with E-state index in [1.807, 2.05) is 54.7 Å². The number of aromatic nitrogens is 1. The van der Waals surface area contributed by atoms with Crippen molar-refractivity contribution in [3.8, 4) is 6.07 Å². The van der Waals surface area contributed by atoms with Crippen LogP contribution in [0.2, 0.25) is 0 Å². The lowest BCUT2D eigenvalue weighted by molar-refractivity contribution is 0.995. The Morgan fingerprint density at radius 1 is 1.05 bits per heavy atom. The van der Waals surface area contributed by atoms with Crippen LogP contribution in [0.4, 0.5) is 5.69 Å². The summed E-state index contributed by atoms with van der Waals surface area (Å²) >= 11 is 3.49. The molecule has 0 aliphatic rings. The smallest absolute Gasteiger partial charge is 0.142 e. The summed E-state index contributed by atoms with van der Waals surface area (Å²) in [5.41, 5.74) is 1.77. The van der Waals surface area contributed by atoms with Crippen LogP contribution in [0.25, 0.3) is 10.8 Å². The van der Waals surface area contributed by atoms with E-state index in [0.29, 0.717) is 0 Å². The van der Waals surface area contributed by atoms with Gasteiger partial charge in [-0.2, -0.15) is 5.26 Å². The number of hydrogen-bond donors (Lipinski definition) is 1. The summed E-state index contributed by atoms with van der Waals surface area (Å²) in [5, 5.41) is 14.9. The SMILES string of the molecule is N#CC(Nc1ccccc1Br)c1cncc2ccccc12. The number of para-hydroxylation sites is 1. The number of halogens is 1. The molecular formula is C17H12BrN3. The van der Waals surface area contributed by atoms with Crippen molar-refractivity contribution in [2.24, 2.45) is 0 Å². The number of benzene rings is 2. The molecule has 3 nitrogen and oxygen atoms in total. The third-order valence-electron chi connectivity index (χ3n) is 3.31. The first-order valence-electron chi connectivity index (χ1n) is 6.53. The zero-order valence-corrected chi connectivity index (χ0v) is 12.7. The summed E-state index contributed by atoms with van der Waals surface area (Å²) in [6.07, 6.45) is 3.56. The molecule has 0 saturated heterocycles. The van der Waals surface area contributed by atoms with Crippen LogP contribution in [-0.2, 0) is 0 Å². The molecule has 0 aliphatic heterocycles. The van der Waals surface area contributed by atoms with E-state index < -0.39 is 6.04 Å². The summed E-state index contributed by atoms with van der Waals surface area (Å²) in [5.74, 6) is 0. The van der Waals surface area contributed by atoms with Crippen LogP contribution >= 0.6 is 15.9 Å². The molecule has 102 valence electrons. The fraction of sp³-hybridized carbons (Fsp3) is 0.0588. The van der Waals surface area contributed by atoms with Gasteiger partial charge in [0, 0.05) is 33.5 Å². The molecule has 1 atom stereocenters. The first-order valence-corrected chi connectivity index (χ1v) is 7.32. The van der Waals surface area contributed by atoms with Gasteiger partial charge in [-0.3, -0.25) is 4.98 Å². The van der Waals surface area contributed by atoms with E-state index in [1.165, 1.54) is 0 Å². The molecule has 21 heavy (non-hydrogen) atoms. The lowest BCUT2D eigenvalue weighted by Gasteiger charge is -2.16. The number of hydrogen-bond acceptors (Lipinski definition) is 3. The Balaban J connectivity index is 2.04. The zero-order chi connectivity index (χ0) is 14.7. The summed E-state index contributed by atoms with van der Waals surface area (Å²) in [6, 6.07) is 17.6. The van der Waals surface area contributed by atoms with Crippen molar-refractivity contribution >= 4 is 32.4 Å². The standard InChI is InChI=1S/C17H12BrN3/c18-15-7-3-4-8-16(15)21-17(9-19)14-11-20-10-12-5-1-2-6-13(12)14/h1-8,10-11,17,21H. The molecule has 1 heterocycles. The minimum absolute atomic E-state index is 0.456. The van der Waals surface area contributed by atoms with Gasteiger partial charge in [-0.1, -0.05) is 36.4 Å². The van der Waals surface area contributed by atoms with Gasteiger partial charge in [0.15, 0.2) is 0 Å². The van der Waals surface area contributed by atoms with E-state index in [9.17, 15) is 5.26 Å². The molecule has 2 aromatic carbocycles. The van der Waals surface area contributed by atoms with Crippen molar-refractivity contribution in [2.45, 2.75) is 6.04 Å². The second kappa shape index (κ2) is 5.94. The van der Waals surface area contributed by atoms with E-state index in [4.69, 9.17) is 0 Å². The van der Waals surface area contributed by atoms with E-state index in [0.717, 1.165) is 26.5 Å². The third kappa shape index (κ3) is 2.74. The molecule has 0 aliphatic carbocycles. The predicted octanol–water partition coefficient (Wildman–Crippen LogP) is 4.67. The number of rotatable bonds is 3. The Morgan fingerprint density at radius 2 is 1.81 bits per heavy atom. The third-order valence-corrected chi connectivity index (χ3v) is 4.00. The van der Waals surface area contributed by atoms with Crippen LogP contribution in [0.15, 0.2) is 65.4 Å². The minimum atomic E-state index is -0.456. The van der Waals surface area contributed by atoms with Gasteiger partial charge in [0.25, 0.3) is 0 Å². The largest absolute Gasteiger partial charge is 0.365 e. The highest BCUT2D eigenvalue weighted by Crippen LogP contribution is 2.29. The van der Waals surface area contributed by atoms with E-state index in [1.54, 1.807) is 6.20 Å². The topological polar surface area (TPSA) is 48.7 Å². The highest BCUT2D eigenvalue weighted by Gasteiger charge is 2.15. The molecule has 3 rings (SSSR count). The molecule has 0 fully saturated rings. The lowest BCUT2D eigenvalue weighted by Crippen LogP contribution is -2.09. The van der Waals surface area contributed by atoms with Crippen LogP contribution in [0.3, 0.4) is 0 Å². The molecule has 0 spiro atoms. The van der Waals surface area contributed by atoms with Gasteiger partial charge in [-0.05, 0) is 33.4 Å². The average Bonchev–Trinajstić information content (AvgIpc) is 2.54. The molecular weight excluding hydrogens is 326 g/mol. The number of nitrogens with zero attached hydrogens (tertiary/aromatic N) is 2. The Morgan fingerprint density at radius 3 is 2.62 bits per heavy atom. The first kappa shape index (κ1) is 13.6. The monoisotopic (exact) mass is 337 g/mol. The van der Waals surface area contributed by atoms with Crippen molar-refractivity contribution in [2.75, 3.05) is 5.32 Å². The van der Waals surface area contributed by atoms with Gasteiger partial charge in [0.2, 0.25) is 0 Å². The Labute approximate surface area is 131 Å². The van der Waals surface area contributed by atoms with Gasteiger partial charge in [-0.25, -0.2) is 0 Å². The zero-order valence-electron chi connectivity index (χ0n) is 11.1. The summed E-state index contributed by atoms with van der Waals surface area (Å²) in [4.78, 5) is 4.24. The number of pyridine rings is 1. The van der Waals surface area contributed by atoms with E-state index >= 15 is 0 Å². The van der Waals surface area contributed by atoms with Crippen molar-refractivity contribution in [1.82, 2.24) is 4.98 Å². The van der Waals surface area contributed by atoms with Gasteiger partial charge >= 0.3 is 0 Å². The average molecular weight is 338 g/mol. The quantitative estimate of drug-likeness (QED) is 0.755. The van der Waals surface area contributed by atoms with Gasteiger partial charge in [0.05, 0.1) is 6.07 Å². The van der Waals surface area contributed by atoms with Crippen LogP contribution in [-0.4, -0.2) is 4.98 Å². The second-order valence-electron chi connectivity index (χ2n) is 4.64. The normalized spacial score (nSPS) is 11.8. The van der Waals surface area contributed by atoms with Crippen molar-refractivity contribution in [1.29, 1.82) is 5.26 Å². The molecule has 1 unspecified atom stereocenters. The van der Waals surface area contributed by atoms with Gasteiger partial charge < -0.3 is 5.32 Å². The van der Waals surface area contributed by atoms with Crippen LogP contribution in [0, 0.1) is 11.3 Å². The molecule has 1 N–H and O–H groups in total. The predicted molar refractivity (Wildman–Crippen MR) is 87.9 cm³/mol. The minimum Gasteiger partial charge on any atom is -0.365 e. The number of nitriles is 1. The Hall–Kier alpha value is -2.38. The van der Waals surface area contributed by atoms with Gasteiger partial charge in [-0.15, -0.1) is 0 Å². The molecule has 1 aromatic heterocycles. The maximum atomic E-state index is 9.54. The van der Waals surface area contributed by atoms with E-state index in [2.05, 4.69) is 32.3 Å². The number of fused-ring (bicyclic) bond motifs is 1. The first-order chi connectivity index (χ1) is 10.3. The summed E-state index contributed by atoms with van der Waals surface area (Å²) in [7, 11) is 0. The molecule has 0 bridgehead atoms. The summed E-state index contributed by atoms with van der Waals surface area (Å²) < 4.78 is 0.929. The van der Waals surface area contributed by atoms with Crippen molar-refractivity contribution in [3.05, 3.63) is 71.0 Å². The maximum Gasteiger partial charge on any atom is 0.142 e. The second-order valence-corrected chi connectivity index (χ2v) is 5.49. The fourth-order valence-corrected chi connectivity index (χ4v) is 2.68. The number of nitrogens with one attached hydrogen (secondary N) is 1. The lowest BCUT2D eigenvalue weighted by atomic mass is 10.0. The van der Waals surface area contributed by atoms with Gasteiger partial charge in [0.1, 0.15) is 6.04 Å². The number of anilines is 1. The molecule has 0 radical (unpaired) electrons. The molecule has 3 aromatic rings. The molecule has 0 saturated carbocycles. The van der Waals surface area contributed by atoms with E-state index in [-0.39, 0.29) is 0 Å². The van der Waals surface area contributed by atoms with Crippen LogP contribution < -0.4 is 5.32 Å². The summed E-state index contributed by atoms with van der Waals surface area (Å²) in [6.45, 7) is 0. The Bertz CT molecular complexity index is 818. The molecule has 4 heteroatoms. The van der Waals surface area contributed by atoms with Crippen LogP contribution in [0.1, 0.15) is 11.6 Å². The highest BCUT2D eigenvalue weighted by atomic mass is 79.9. The maximum absolute atomic E-state index is 9.54. The molecule has 0 amide bonds. The van der Waals surface area contributed by atoms with Crippen molar-refractivity contribution in [3.63, 3.8) is 0 Å². The highest BCUT2D eigenvalue weighted by molar-refractivity contribution is 9.10. The van der Waals surface area contributed by atoms with Crippen LogP contribution in [0.5, 0.6) is 0 Å².